The minimum atomic E-state index is -0.206. The lowest BCUT2D eigenvalue weighted by molar-refractivity contribution is 0.0948. The average Bonchev–Trinajstić information content (AvgIpc) is 3.03. The van der Waals surface area contributed by atoms with E-state index in [1.54, 1.807) is 12.1 Å². The highest BCUT2D eigenvalue weighted by Gasteiger charge is 2.09. The molecule has 2 heterocycles. The predicted octanol–water partition coefficient (Wildman–Crippen LogP) is 3.00. The van der Waals surface area contributed by atoms with Crippen LogP contribution in [0.5, 0.6) is 0 Å². The zero-order chi connectivity index (χ0) is 17.6. The smallest absolute Gasteiger partial charge is 0.271 e. The number of rotatable bonds is 7. The van der Waals surface area contributed by atoms with E-state index in [0.29, 0.717) is 24.0 Å². The summed E-state index contributed by atoms with van der Waals surface area (Å²) in [5.41, 5.74) is 2.63. The maximum absolute atomic E-state index is 12.2. The number of anilines is 1. The lowest BCUT2D eigenvalue weighted by Crippen LogP contribution is -2.26. The highest BCUT2D eigenvalue weighted by Crippen LogP contribution is 2.17. The molecule has 0 aliphatic heterocycles. The van der Waals surface area contributed by atoms with Gasteiger partial charge in [-0.25, -0.2) is 0 Å². The molecule has 3 N–H and O–H groups in total. The van der Waals surface area contributed by atoms with Crippen LogP contribution in [0.4, 0.5) is 5.82 Å². The number of benzene rings is 1. The van der Waals surface area contributed by atoms with Crippen LogP contribution in [0.15, 0.2) is 42.6 Å². The molecule has 1 aromatic carbocycles. The SMILES string of the molecule is CC(C)CNc1ccc(C(=O)NCCc2c[nH]c3ccccc23)nn1. The van der Waals surface area contributed by atoms with E-state index in [0.717, 1.165) is 18.5 Å². The Bertz CT molecular complexity index is 838. The van der Waals surface area contributed by atoms with Gasteiger partial charge in [0.05, 0.1) is 0 Å². The quantitative estimate of drug-likeness (QED) is 0.619. The van der Waals surface area contributed by atoms with Gasteiger partial charge in [-0.2, -0.15) is 0 Å². The number of H-pyrrole nitrogens is 1. The fourth-order valence-corrected chi connectivity index (χ4v) is 2.60. The third-order valence-electron chi connectivity index (χ3n) is 3.94. The third kappa shape index (κ3) is 4.35. The minimum Gasteiger partial charge on any atom is -0.368 e. The van der Waals surface area contributed by atoms with Crippen molar-refractivity contribution in [3.8, 4) is 0 Å². The van der Waals surface area contributed by atoms with E-state index in [9.17, 15) is 4.79 Å². The number of aromatic nitrogens is 3. The monoisotopic (exact) mass is 337 g/mol. The van der Waals surface area contributed by atoms with Gasteiger partial charge in [-0.3, -0.25) is 4.79 Å². The maximum atomic E-state index is 12.2. The Balaban J connectivity index is 1.52. The number of aromatic amines is 1. The Hall–Kier alpha value is -2.89. The van der Waals surface area contributed by atoms with Gasteiger partial charge < -0.3 is 15.6 Å². The first-order chi connectivity index (χ1) is 12.1. The predicted molar refractivity (Wildman–Crippen MR) is 99.7 cm³/mol. The summed E-state index contributed by atoms with van der Waals surface area (Å²) in [6.07, 6.45) is 2.75. The molecule has 0 unspecified atom stereocenters. The van der Waals surface area contributed by atoms with Gasteiger partial charge >= 0.3 is 0 Å². The summed E-state index contributed by atoms with van der Waals surface area (Å²) in [6, 6.07) is 11.6. The zero-order valence-electron chi connectivity index (χ0n) is 14.5. The number of nitrogens with one attached hydrogen (secondary N) is 3. The van der Waals surface area contributed by atoms with Crippen LogP contribution in [0.2, 0.25) is 0 Å². The second-order valence-corrected chi connectivity index (χ2v) is 6.44. The molecule has 25 heavy (non-hydrogen) atoms. The highest BCUT2D eigenvalue weighted by molar-refractivity contribution is 5.92. The Morgan fingerprint density at radius 1 is 1.16 bits per heavy atom. The van der Waals surface area contributed by atoms with E-state index < -0.39 is 0 Å². The van der Waals surface area contributed by atoms with Crippen molar-refractivity contribution in [1.29, 1.82) is 0 Å². The van der Waals surface area contributed by atoms with Gasteiger partial charge in [0.1, 0.15) is 5.82 Å². The number of carbonyl (C=O) groups excluding carboxylic acids is 1. The number of hydrogen-bond acceptors (Lipinski definition) is 4. The van der Waals surface area contributed by atoms with Crippen molar-refractivity contribution in [2.45, 2.75) is 20.3 Å². The molecular formula is C19H23N5O. The van der Waals surface area contributed by atoms with Crippen LogP contribution in [0.25, 0.3) is 10.9 Å². The molecule has 6 nitrogen and oxygen atoms in total. The van der Waals surface area contributed by atoms with Crippen molar-refractivity contribution in [3.63, 3.8) is 0 Å². The average molecular weight is 337 g/mol. The number of amides is 1. The summed E-state index contributed by atoms with van der Waals surface area (Å²) in [5, 5.41) is 15.3. The van der Waals surface area contributed by atoms with Crippen molar-refractivity contribution >= 4 is 22.6 Å². The van der Waals surface area contributed by atoms with E-state index in [2.05, 4.69) is 45.7 Å². The van der Waals surface area contributed by atoms with Crippen LogP contribution < -0.4 is 10.6 Å². The summed E-state index contributed by atoms with van der Waals surface area (Å²) in [7, 11) is 0. The summed E-state index contributed by atoms with van der Waals surface area (Å²) in [5.74, 6) is 1.00. The van der Waals surface area contributed by atoms with Crippen molar-refractivity contribution < 1.29 is 4.79 Å². The Labute approximate surface area is 147 Å². The maximum Gasteiger partial charge on any atom is 0.271 e. The second kappa shape index (κ2) is 7.79. The van der Waals surface area contributed by atoms with Crippen LogP contribution in [-0.4, -0.2) is 34.2 Å². The first kappa shape index (κ1) is 17.0. The molecule has 2 aromatic heterocycles. The molecular weight excluding hydrogens is 314 g/mol. The summed E-state index contributed by atoms with van der Waals surface area (Å²) >= 11 is 0. The molecule has 3 rings (SSSR count). The van der Waals surface area contributed by atoms with Gasteiger partial charge in [-0.05, 0) is 36.1 Å². The van der Waals surface area contributed by atoms with E-state index in [4.69, 9.17) is 0 Å². The van der Waals surface area contributed by atoms with E-state index in [1.807, 2.05) is 24.4 Å². The van der Waals surface area contributed by atoms with Crippen molar-refractivity contribution in [2.75, 3.05) is 18.4 Å². The first-order valence-electron chi connectivity index (χ1n) is 8.54. The zero-order valence-corrected chi connectivity index (χ0v) is 14.5. The Morgan fingerprint density at radius 3 is 2.76 bits per heavy atom. The van der Waals surface area contributed by atoms with Gasteiger partial charge in [0.2, 0.25) is 0 Å². The fraction of sp³-hybridized carbons (Fsp3) is 0.316. The van der Waals surface area contributed by atoms with E-state index in [1.165, 1.54) is 10.9 Å². The minimum absolute atomic E-state index is 0.206. The summed E-state index contributed by atoms with van der Waals surface area (Å²) in [6.45, 7) is 5.62. The van der Waals surface area contributed by atoms with Gasteiger partial charge in [-0.15, -0.1) is 10.2 Å². The highest BCUT2D eigenvalue weighted by atomic mass is 16.1. The topological polar surface area (TPSA) is 82.7 Å². The second-order valence-electron chi connectivity index (χ2n) is 6.44. The van der Waals surface area contributed by atoms with Gasteiger partial charge in [-0.1, -0.05) is 32.0 Å². The van der Waals surface area contributed by atoms with Crippen LogP contribution in [0.1, 0.15) is 29.9 Å². The number of para-hydroxylation sites is 1. The molecule has 3 aromatic rings. The van der Waals surface area contributed by atoms with Crippen LogP contribution in [-0.2, 0) is 6.42 Å². The van der Waals surface area contributed by atoms with Crippen molar-refractivity contribution in [3.05, 3.63) is 53.9 Å². The fourth-order valence-electron chi connectivity index (χ4n) is 2.60. The number of hydrogen-bond donors (Lipinski definition) is 3. The summed E-state index contributed by atoms with van der Waals surface area (Å²) < 4.78 is 0. The molecule has 130 valence electrons. The lowest BCUT2D eigenvalue weighted by Gasteiger charge is -2.08. The molecule has 0 aliphatic carbocycles. The Kier molecular flexibility index (Phi) is 5.28. The van der Waals surface area contributed by atoms with E-state index in [-0.39, 0.29) is 5.91 Å². The van der Waals surface area contributed by atoms with Gasteiger partial charge in [0.25, 0.3) is 5.91 Å². The molecule has 6 heteroatoms. The molecule has 0 fully saturated rings. The summed E-state index contributed by atoms with van der Waals surface area (Å²) in [4.78, 5) is 15.4. The molecule has 0 aliphatic rings. The molecule has 1 amide bonds. The number of carbonyl (C=O) groups is 1. The third-order valence-corrected chi connectivity index (χ3v) is 3.94. The van der Waals surface area contributed by atoms with Crippen molar-refractivity contribution in [1.82, 2.24) is 20.5 Å². The van der Waals surface area contributed by atoms with Crippen LogP contribution in [0.3, 0.4) is 0 Å². The largest absolute Gasteiger partial charge is 0.368 e. The van der Waals surface area contributed by atoms with Gasteiger partial charge in [0, 0.05) is 30.2 Å². The molecule has 0 radical (unpaired) electrons. The Morgan fingerprint density at radius 2 is 2.00 bits per heavy atom. The molecule has 0 spiro atoms. The first-order valence-corrected chi connectivity index (χ1v) is 8.54. The van der Waals surface area contributed by atoms with Crippen LogP contribution in [0, 0.1) is 5.92 Å². The number of fused-ring (bicyclic) bond motifs is 1. The lowest BCUT2D eigenvalue weighted by atomic mass is 10.1. The standard InChI is InChI=1S/C19H23N5O/c1-13(2)11-22-18-8-7-17(23-24-18)19(25)20-10-9-14-12-21-16-6-4-3-5-15(14)16/h3-8,12-13,21H,9-11H2,1-2H3,(H,20,25)(H,22,24). The van der Waals surface area contributed by atoms with Gasteiger partial charge in [0.15, 0.2) is 5.69 Å². The van der Waals surface area contributed by atoms with E-state index >= 15 is 0 Å². The van der Waals surface area contributed by atoms with Crippen LogP contribution >= 0.6 is 0 Å². The molecule has 0 bridgehead atoms. The molecule has 0 atom stereocenters. The molecule has 0 saturated carbocycles. The van der Waals surface area contributed by atoms with Crippen molar-refractivity contribution in [2.24, 2.45) is 5.92 Å². The normalized spacial score (nSPS) is 11.0. The molecule has 0 saturated heterocycles. The number of nitrogens with zero attached hydrogens (tertiary/aromatic N) is 2.